The van der Waals surface area contributed by atoms with Crippen LogP contribution in [0.3, 0.4) is 0 Å². The molecule has 0 spiro atoms. The molecular weight excluding hydrogens is 342 g/mol. The molecule has 2 aromatic rings. The summed E-state index contributed by atoms with van der Waals surface area (Å²) in [5, 5.41) is 12.6. The molecule has 0 radical (unpaired) electrons. The second kappa shape index (κ2) is 8.77. The maximum Gasteiger partial charge on any atom is 0.251 e. The van der Waals surface area contributed by atoms with Crippen LogP contribution in [0.4, 0.5) is 0 Å². The van der Waals surface area contributed by atoms with Crippen molar-refractivity contribution in [2.24, 2.45) is 0 Å². The first-order chi connectivity index (χ1) is 13.0. The lowest BCUT2D eigenvalue weighted by molar-refractivity contribution is -0.127. The topological polar surface area (TPSA) is 82.5 Å². The highest BCUT2D eigenvalue weighted by molar-refractivity contribution is 5.94. The van der Waals surface area contributed by atoms with E-state index in [0.717, 1.165) is 30.6 Å². The number of aliphatic hydroxyl groups excluding tert-OH is 1. The van der Waals surface area contributed by atoms with Crippen molar-refractivity contribution in [3.8, 4) is 11.3 Å². The summed E-state index contributed by atoms with van der Waals surface area (Å²) in [5.41, 5.74) is 2.85. The molecular formula is C21H25N3O3. The largest absolute Gasteiger partial charge is 0.387 e. The maximum absolute atomic E-state index is 12.3. The highest BCUT2D eigenvalue weighted by Gasteiger charge is 2.19. The van der Waals surface area contributed by atoms with E-state index in [4.69, 9.17) is 0 Å². The lowest BCUT2D eigenvalue weighted by Crippen LogP contribution is -2.30. The summed E-state index contributed by atoms with van der Waals surface area (Å²) >= 11 is 0. The van der Waals surface area contributed by atoms with Crippen molar-refractivity contribution in [2.45, 2.75) is 32.3 Å². The van der Waals surface area contributed by atoms with Crippen molar-refractivity contribution in [1.82, 2.24) is 15.2 Å². The number of pyridine rings is 1. The Morgan fingerprint density at radius 2 is 2.04 bits per heavy atom. The zero-order valence-corrected chi connectivity index (χ0v) is 15.5. The van der Waals surface area contributed by atoms with Gasteiger partial charge in [-0.3, -0.25) is 14.6 Å². The Balaban J connectivity index is 1.52. The number of carbonyl (C=O) groups excluding carboxylic acids is 2. The van der Waals surface area contributed by atoms with Crippen LogP contribution in [-0.2, 0) is 4.79 Å². The summed E-state index contributed by atoms with van der Waals surface area (Å²) in [6.07, 6.45) is 1.72. The Morgan fingerprint density at radius 3 is 2.70 bits per heavy atom. The van der Waals surface area contributed by atoms with E-state index in [1.807, 2.05) is 29.2 Å². The standard InChI is InChI=1S/C21H25N3O3/c1-15(25)18-5-2-6-19(23-18)16-8-10-17(11-9-16)21(27)22-12-4-14-24-13-3-7-20(24)26/h2,5-6,8-11,15,25H,3-4,7,12-14H2,1H3,(H,22,27). The third-order valence-electron chi connectivity index (χ3n) is 4.70. The van der Waals surface area contributed by atoms with Gasteiger partial charge in [-0.05, 0) is 44.0 Å². The fourth-order valence-electron chi connectivity index (χ4n) is 3.15. The molecule has 6 nitrogen and oxygen atoms in total. The Kier molecular flexibility index (Phi) is 6.19. The second-order valence-electron chi connectivity index (χ2n) is 6.79. The third kappa shape index (κ3) is 4.92. The van der Waals surface area contributed by atoms with E-state index in [-0.39, 0.29) is 11.8 Å². The van der Waals surface area contributed by atoms with E-state index < -0.39 is 6.10 Å². The van der Waals surface area contributed by atoms with E-state index in [0.29, 0.717) is 30.8 Å². The minimum atomic E-state index is -0.620. The van der Waals surface area contributed by atoms with E-state index >= 15 is 0 Å². The van der Waals surface area contributed by atoms with Gasteiger partial charge in [-0.1, -0.05) is 18.2 Å². The molecule has 2 heterocycles. The zero-order chi connectivity index (χ0) is 19.2. The number of amides is 2. The van der Waals surface area contributed by atoms with Gasteiger partial charge in [0.1, 0.15) is 0 Å². The molecule has 1 aliphatic rings. The molecule has 6 heteroatoms. The van der Waals surface area contributed by atoms with Crippen LogP contribution in [0.2, 0.25) is 0 Å². The number of hydrogen-bond acceptors (Lipinski definition) is 4. The van der Waals surface area contributed by atoms with Gasteiger partial charge >= 0.3 is 0 Å². The molecule has 27 heavy (non-hydrogen) atoms. The normalized spacial score (nSPS) is 15.0. The molecule has 1 atom stereocenters. The van der Waals surface area contributed by atoms with E-state index in [9.17, 15) is 14.7 Å². The lowest BCUT2D eigenvalue weighted by atomic mass is 10.1. The van der Waals surface area contributed by atoms with Crippen molar-refractivity contribution in [3.63, 3.8) is 0 Å². The van der Waals surface area contributed by atoms with Crippen molar-refractivity contribution < 1.29 is 14.7 Å². The zero-order valence-electron chi connectivity index (χ0n) is 15.5. The average molecular weight is 367 g/mol. The van der Waals surface area contributed by atoms with Crippen LogP contribution in [0.25, 0.3) is 11.3 Å². The van der Waals surface area contributed by atoms with Crippen LogP contribution in [0, 0.1) is 0 Å². The van der Waals surface area contributed by atoms with Gasteiger partial charge < -0.3 is 15.3 Å². The molecule has 142 valence electrons. The number of aliphatic hydroxyl groups is 1. The molecule has 1 aromatic heterocycles. The minimum absolute atomic E-state index is 0.125. The lowest BCUT2D eigenvalue weighted by Gasteiger charge is -2.15. The summed E-state index contributed by atoms with van der Waals surface area (Å²) in [6.45, 7) is 3.75. The second-order valence-corrected chi connectivity index (χ2v) is 6.79. The van der Waals surface area contributed by atoms with Crippen LogP contribution in [0.1, 0.15) is 48.3 Å². The van der Waals surface area contributed by atoms with Crippen LogP contribution in [0.5, 0.6) is 0 Å². The maximum atomic E-state index is 12.3. The monoisotopic (exact) mass is 367 g/mol. The summed E-state index contributed by atoms with van der Waals surface area (Å²) in [6, 6.07) is 12.8. The Bertz CT molecular complexity index is 803. The van der Waals surface area contributed by atoms with E-state index in [1.165, 1.54) is 0 Å². The van der Waals surface area contributed by atoms with Gasteiger partial charge in [0.25, 0.3) is 5.91 Å². The third-order valence-corrected chi connectivity index (χ3v) is 4.70. The predicted molar refractivity (Wildman–Crippen MR) is 103 cm³/mol. The molecule has 1 fully saturated rings. The fourth-order valence-corrected chi connectivity index (χ4v) is 3.15. The van der Waals surface area contributed by atoms with E-state index in [1.54, 1.807) is 25.1 Å². The highest BCUT2D eigenvalue weighted by atomic mass is 16.3. The Labute approximate surface area is 159 Å². The first-order valence-corrected chi connectivity index (χ1v) is 9.36. The van der Waals surface area contributed by atoms with Gasteiger partial charge in [0.2, 0.25) is 5.91 Å². The van der Waals surface area contributed by atoms with Crippen LogP contribution in [0.15, 0.2) is 42.5 Å². The molecule has 1 saturated heterocycles. The van der Waals surface area contributed by atoms with Crippen LogP contribution >= 0.6 is 0 Å². The summed E-state index contributed by atoms with van der Waals surface area (Å²) in [4.78, 5) is 30.1. The minimum Gasteiger partial charge on any atom is -0.387 e. The SMILES string of the molecule is CC(O)c1cccc(-c2ccc(C(=O)NCCCN3CCCC3=O)cc2)n1. The van der Waals surface area contributed by atoms with E-state index in [2.05, 4.69) is 10.3 Å². The summed E-state index contributed by atoms with van der Waals surface area (Å²) in [5.74, 6) is 0.0881. The van der Waals surface area contributed by atoms with Gasteiger partial charge in [0, 0.05) is 37.2 Å². The number of likely N-dealkylation sites (tertiary alicyclic amines) is 1. The number of hydrogen-bond donors (Lipinski definition) is 2. The average Bonchev–Trinajstić information content (AvgIpc) is 3.10. The molecule has 0 bridgehead atoms. The quantitative estimate of drug-likeness (QED) is 0.737. The molecule has 2 amide bonds. The summed E-state index contributed by atoms with van der Waals surface area (Å²) in [7, 11) is 0. The first kappa shape index (κ1) is 19.0. The molecule has 1 unspecified atom stereocenters. The molecule has 3 rings (SSSR count). The van der Waals surface area contributed by atoms with Gasteiger partial charge in [-0.15, -0.1) is 0 Å². The Morgan fingerprint density at radius 1 is 1.26 bits per heavy atom. The molecule has 0 aliphatic carbocycles. The molecule has 1 aliphatic heterocycles. The number of nitrogens with one attached hydrogen (secondary N) is 1. The molecule has 2 N–H and O–H groups in total. The van der Waals surface area contributed by atoms with Crippen molar-refractivity contribution in [3.05, 3.63) is 53.7 Å². The first-order valence-electron chi connectivity index (χ1n) is 9.36. The van der Waals surface area contributed by atoms with Gasteiger partial charge in [0.05, 0.1) is 17.5 Å². The number of aromatic nitrogens is 1. The number of benzene rings is 1. The van der Waals surface area contributed by atoms with Crippen molar-refractivity contribution >= 4 is 11.8 Å². The van der Waals surface area contributed by atoms with Crippen molar-refractivity contribution in [1.29, 1.82) is 0 Å². The highest BCUT2D eigenvalue weighted by Crippen LogP contribution is 2.20. The number of carbonyl (C=O) groups is 2. The predicted octanol–water partition coefficient (Wildman–Crippen LogP) is 2.54. The molecule has 0 saturated carbocycles. The number of rotatable bonds is 7. The van der Waals surface area contributed by atoms with Gasteiger partial charge in [0.15, 0.2) is 0 Å². The van der Waals surface area contributed by atoms with Crippen LogP contribution in [-0.4, -0.2) is 46.4 Å². The van der Waals surface area contributed by atoms with Crippen molar-refractivity contribution in [2.75, 3.05) is 19.6 Å². The molecule has 1 aromatic carbocycles. The fraction of sp³-hybridized carbons (Fsp3) is 0.381. The van der Waals surface area contributed by atoms with Gasteiger partial charge in [-0.2, -0.15) is 0 Å². The smallest absolute Gasteiger partial charge is 0.251 e. The number of nitrogens with zero attached hydrogens (tertiary/aromatic N) is 2. The van der Waals surface area contributed by atoms with Gasteiger partial charge in [-0.25, -0.2) is 0 Å². The van der Waals surface area contributed by atoms with Crippen LogP contribution < -0.4 is 5.32 Å². The summed E-state index contributed by atoms with van der Waals surface area (Å²) < 4.78 is 0. The Hall–Kier alpha value is -2.73.